The minimum atomic E-state index is -0.269. The zero-order valence-corrected chi connectivity index (χ0v) is 17.6. The Bertz CT molecular complexity index is 980. The lowest BCUT2D eigenvalue weighted by Gasteiger charge is -2.51. The van der Waals surface area contributed by atoms with E-state index in [4.69, 9.17) is 0 Å². The van der Waals surface area contributed by atoms with Crippen LogP contribution in [0.25, 0.3) is 0 Å². The molecule has 2 saturated heterocycles. The molecule has 2 aromatic carbocycles. The fourth-order valence-electron chi connectivity index (χ4n) is 5.58. The Kier molecular flexibility index (Phi) is 5.38. The summed E-state index contributed by atoms with van der Waals surface area (Å²) in [5.41, 5.74) is 3.21. The molecule has 1 N–H and O–H groups in total. The number of likely N-dealkylation sites (tertiary alicyclic amines) is 1. The van der Waals surface area contributed by atoms with Gasteiger partial charge in [-0.1, -0.05) is 36.4 Å². The number of amides is 3. The first kappa shape index (κ1) is 20.0. The molecule has 162 valence electrons. The number of carbonyl (C=O) groups is 2. The van der Waals surface area contributed by atoms with Gasteiger partial charge in [-0.2, -0.15) is 0 Å². The predicted octanol–water partition coefficient (Wildman–Crippen LogP) is 3.69. The average Bonchev–Trinajstić information content (AvgIpc) is 2.79. The fraction of sp³-hybridized carbons (Fsp3) is 0.440. The lowest BCUT2D eigenvalue weighted by atomic mass is 9.76. The summed E-state index contributed by atoms with van der Waals surface area (Å²) >= 11 is 0. The third-order valence-corrected chi connectivity index (χ3v) is 7.10. The van der Waals surface area contributed by atoms with Crippen molar-refractivity contribution in [1.29, 1.82) is 0 Å². The molecule has 5 nitrogen and oxygen atoms in total. The number of hydrogen-bond donors (Lipinski definition) is 1. The number of piperidine rings is 2. The number of fused-ring (bicyclic) bond motifs is 4. The van der Waals surface area contributed by atoms with Crippen molar-refractivity contribution < 1.29 is 14.0 Å². The second-order valence-electron chi connectivity index (χ2n) is 8.85. The van der Waals surface area contributed by atoms with Gasteiger partial charge in [-0.3, -0.25) is 4.79 Å². The third kappa shape index (κ3) is 3.80. The van der Waals surface area contributed by atoms with Crippen LogP contribution < -0.4 is 5.32 Å². The summed E-state index contributed by atoms with van der Waals surface area (Å²) in [6.45, 7) is 1.90. The van der Waals surface area contributed by atoms with Crippen molar-refractivity contribution >= 4 is 11.9 Å². The number of nitrogens with zero attached hydrogens (tertiary/aromatic N) is 2. The molecule has 5 rings (SSSR count). The fourth-order valence-corrected chi connectivity index (χ4v) is 5.58. The van der Waals surface area contributed by atoms with E-state index in [9.17, 15) is 14.0 Å². The van der Waals surface area contributed by atoms with E-state index < -0.39 is 0 Å². The maximum Gasteiger partial charge on any atom is 0.317 e. The molecule has 3 aliphatic rings. The molecule has 2 aromatic rings. The number of carbonyl (C=O) groups excluding carboxylic acids is 2. The minimum Gasteiger partial charge on any atom is -0.338 e. The largest absolute Gasteiger partial charge is 0.338 e. The molecule has 6 heteroatoms. The van der Waals surface area contributed by atoms with Crippen LogP contribution in [0.3, 0.4) is 0 Å². The van der Waals surface area contributed by atoms with Crippen molar-refractivity contribution in [2.75, 3.05) is 19.6 Å². The van der Waals surface area contributed by atoms with Crippen LogP contribution in [0.1, 0.15) is 42.0 Å². The lowest BCUT2D eigenvalue weighted by molar-refractivity contribution is -0.148. The second kappa shape index (κ2) is 8.33. The van der Waals surface area contributed by atoms with Gasteiger partial charge in [0.2, 0.25) is 5.91 Å². The van der Waals surface area contributed by atoms with Gasteiger partial charge >= 0.3 is 6.03 Å². The minimum absolute atomic E-state index is 0.0952. The monoisotopic (exact) mass is 421 g/mol. The lowest BCUT2D eigenvalue weighted by Crippen LogP contribution is -2.61. The quantitative estimate of drug-likeness (QED) is 0.822. The summed E-state index contributed by atoms with van der Waals surface area (Å²) in [6, 6.07) is 14.6. The molecule has 2 fully saturated rings. The van der Waals surface area contributed by atoms with E-state index in [1.807, 2.05) is 34.1 Å². The van der Waals surface area contributed by atoms with Crippen molar-refractivity contribution in [1.82, 2.24) is 15.1 Å². The molecule has 3 amide bonds. The number of urea groups is 1. The van der Waals surface area contributed by atoms with Crippen molar-refractivity contribution in [2.24, 2.45) is 5.92 Å². The molecular weight excluding hydrogens is 393 g/mol. The Morgan fingerprint density at radius 1 is 1.13 bits per heavy atom. The average molecular weight is 422 g/mol. The summed E-state index contributed by atoms with van der Waals surface area (Å²) < 4.78 is 14.0. The SMILES string of the molecule is O=C1[C@H]2CCCN(C(=O)NCCc3ccccc3)[C@H]2C[C@@H]2c3cc(F)ccc3CCN12. The van der Waals surface area contributed by atoms with Crippen LogP contribution in [0.5, 0.6) is 0 Å². The van der Waals surface area contributed by atoms with E-state index in [2.05, 4.69) is 17.4 Å². The summed E-state index contributed by atoms with van der Waals surface area (Å²) in [5.74, 6) is -0.299. The molecule has 3 heterocycles. The first-order chi connectivity index (χ1) is 15.1. The van der Waals surface area contributed by atoms with Gasteiger partial charge in [-0.15, -0.1) is 0 Å². The van der Waals surface area contributed by atoms with E-state index in [-0.39, 0.29) is 35.8 Å². The molecule has 0 bridgehead atoms. The van der Waals surface area contributed by atoms with Crippen LogP contribution in [0.2, 0.25) is 0 Å². The maximum atomic E-state index is 14.0. The predicted molar refractivity (Wildman–Crippen MR) is 116 cm³/mol. The molecular formula is C25H28FN3O2. The van der Waals surface area contributed by atoms with Gasteiger partial charge < -0.3 is 15.1 Å². The maximum absolute atomic E-state index is 14.0. The van der Waals surface area contributed by atoms with Crippen LogP contribution in [0, 0.1) is 11.7 Å². The van der Waals surface area contributed by atoms with Crippen LogP contribution in [-0.4, -0.2) is 47.4 Å². The molecule has 3 atom stereocenters. The van der Waals surface area contributed by atoms with Crippen LogP contribution in [0.4, 0.5) is 9.18 Å². The van der Waals surface area contributed by atoms with Crippen molar-refractivity contribution in [3.63, 3.8) is 0 Å². The van der Waals surface area contributed by atoms with E-state index in [1.165, 1.54) is 11.6 Å². The van der Waals surface area contributed by atoms with Gasteiger partial charge in [0.25, 0.3) is 0 Å². The number of rotatable bonds is 3. The summed E-state index contributed by atoms with van der Waals surface area (Å²) in [5, 5.41) is 3.05. The molecule has 0 aliphatic carbocycles. The smallest absolute Gasteiger partial charge is 0.317 e. The second-order valence-corrected chi connectivity index (χ2v) is 8.85. The molecule has 0 radical (unpaired) electrons. The Balaban J connectivity index is 1.32. The highest BCUT2D eigenvalue weighted by atomic mass is 19.1. The van der Waals surface area contributed by atoms with Crippen molar-refractivity contribution in [2.45, 2.75) is 44.2 Å². The number of halogens is 1. The highest BCUT2D eigenvalue weighted by Gasteiger charge is 2.48. The topological polar surface area (TPSA) is 52.7 Å². The Morgan fingerprint density at radius 3 is 2.81 bits per heavy atom. The van der Waals surface area contributed by atoms with Crippen LogP contribution in [0.15, 0.2) is 48.5 Å². The Morgan fingerprint density at radius 2 is 1.97 bits per heavy atom. The van der Waals surface area contributed by atoms with Crippen molar-refractivity contribution in [3.8, 4) is 0 Å². The zero-order valence-electron chi connectivity index (χ0n) is 17.6. The van der Waals surface area contributed by atoms with Crippen LogP contribution >= 0.6 is 0 Å². The zero-order chi connectivity index (χ0) is 21.4. The van der Waals surface area contributed by atoms with Gasteiger partial charge in [-0.05, 0) is 60.9 Å². The van der Waals surface area contributed by atoms with E-state index >= 15 is 0 Å². The standard InChI is InChI=1S/C25H28FN3O2/c26-19-9-8-18-11-14-28-23(21(18)15-19)16-22-20(24(28)30)7-4-13-29(22)25(31)27-12-10-17-5-2-1-3-6-17/h1-3,5-6,8-9,15,20,22-23H,4,7,10-14,16H2,(H,27,31)/t20-,22-,23+/m0/s1. The van der Waals surface area contributed by atoms with E-state index in [0.29, 0.717) is 26.1 Å². The van der Waals surface area contributed by atoms with Gasteiger partial charge in [0, 0.05) is 25.7 Å². The van der Waals surface area contributed by atoms with Gasteiger partial charge in [0.15, 0.2) is 0 Å². The van der Waals surface area contributed by atoms with Gasteiger partial charge in [-0.25, -0.2) is 9.18 Å². The van der Waals surface area contributed by atoms with E-state index in [1.54, 1.807) is 6.07 Å². The summed E-state index contributed by atoms with van der Waals surface area (Å²) in [7, 11) is 0. The van der Waals surface area contributed by atoms with E-state index in [0.717, 1.165) is 36.8 Å². The molecule has 0 saturated carbocycles. The molecule has 3 aliphatic heterocycles. The summed E-state index contributed by atoms with van der Waals surface area (Å²) in [6.07, 6.45) is 3.87. The molecule has 31 heavy (non-hydrogen) atoms. The highest BCUT2D eigenvalue weighted by Crippen LogP contribution is 2.43. The third-order valence-electron chi connectivity index (χ3n) is 7.10. The first-order valence-corrected chi connectivity index (χ1v) is 11.3. The summed E-state index contributed by atoms with van der Waals surface area (Å²) in [4.78, 5) is 30.2. The molecule has 0 unspecified atom stereocenters. The number of hydrogen-bond acceptors (Lipinski definition) is 2. The normalized spacial score (nSPS) is 24.8. The first-order valence-electron chi connectivity index (χ1n) is 11.3. The van der Waals surface area contributed by atoms with Crippen LogP contribution in [-0.2, 0) is 17.6 Å². The molecule has 0 spiro atoms. The number of benzene rings is 2. The van der Waals surface area contributed by atoms with Crippen molar-refractivity contribution in [3.05, 3.63) is 71.0 Å². The number of nitrogens with one attached hydrogen (secondary N) is 1. The highest BCUT2D eigenvalue weighted by molar-refractivity contribution is 5.83. The Hall–Kier alpha value is -2.89. The van der Waals surface area contributed by atoms with Gasteiger partial charge in [0.1, 0.15) is 5.82 Å². The van der Waals surface area contributed by atoms with Gasteiger partial charge in [0.05, 0.1) is 12.0 Å². The molecule has 0 aromatic heterocycles. The Labute approximate surface area is 182 Å².